The molecule has 0 atom stereocenters. The Morgan fingerprint density at radius 2 is 2.26 bits per heavy atom. The van der Waals surface area contributed by atoms with Crippen molar-refractivity contribution in [1.82, 2.24) is 15.3 Å². The molecule has 4 heterocycles. The van der Waals surface area contributed by atoms with Crippen molar-refractivity contribution in [2.45, 2.75) is 38.2 Å². The van der Waals surface area contributed by atoms with Crippen molar-refractivity contribution in [2.24, 2.45) is 0 Å². The Balaban J connectivity index is 1.53. The number of nitrogens with zero attached hydrogens (tertiary/aromatic N) is 3. The summed E-state index contributed by atoms with van der Waals surface area (Å²) in [5.74, 6) is 1.18. The molecule has 27 heavy (non-hydrogen) atoms. The number of anilines is 2. The van der Waals surface area contributed by atoms with E-state index in [1.165, 1.54) is 10.4 Å². The number of aromatic nitrogens is 2. The lowest BCUT2D eigenvalue weighted by molar-refractivity contribution is -0.0757. The Kier molecular flexibility index (Phi) is 5.01. The SMILES string of the molecule is CCCNC(=O)c1cc2c(s1)CCOC21CCN(c2nccc(N)n2)CC1. The van der Waals surface area contributed by atoms with Crippen LogP contribution in [0.3, 0.4) is 0 Å². The number of carbonyl (C=O) groups excluding carboxylic acids is 1. The molecule has 1 fully saturated rings. The van der Waals surface area contributed by atoms with E-state index in [0.717, 1.165) is 43.6 Å². The second-order valence-corrected chi connectivity index (χ2v) is 8.20. The normalized spacial score (nSPS) is 18.3. The average Bonchev–Trinajstić information content (AvgIpc) is 3.13. The van der Waals surface area contributed by atoms with Gasteiger partial charge in [-0.05, 0) is 37.0 Å². The monoisotopic (exact) mass is 387 g/mol. The average molecular weight is 388 g/mol. The fraction of sp³-hybridized carbons (Fsp3) is 0.526. The Labute approximate surface area is 162 Å². The third kappa shape index (κ3) is 3.51. The first-order chi connectivity index (χ1) is 13.1. The number of nitrogen functional groups attached to an aromatic ring is 1. The van der Waals surface area contributed by atoms with E-state index < -0.39 is 0 Å². The second kappa shape index (κ2) is 7.44. The van der Waals surface area contributed by atoms with Crippen LogP contribution in [0.4, 0.5) is 11.8 Å². The van der Waals surface area contributed by atoms with E-state index in [-0.39, 0.29) is 11.5 Å². The van der Waals surface area contributed by atoms with Crippen LogP contribution in [0.2, 0.25) is 0 Å². The summed E-state index contributed by atoms with van der Waals surface area (Å²) in [5, 5.41) is 2.98. The quantitative estimate of drug-likeness (QED) is 0.836. The number of thiophene rings is 1. The minimum atomic E-state index is -0.301. The van der Waals surface area contributed by atoms with Crippen molar-refractivity contribution < 1.29 is 9.53 Å². The standard InChI is InChI=1S/C19H25N5O2S/c1-2-7-21-17(25)15-12-13-14(27-15)4-11-26-19(13)5-9-24(10-6-19)18-22-8-3-16(20)23-18/h3,8,12H,2,4-7,9-11H2,1H3,(H,21,25)(H2,20,22,23). The summed E-state index contributed by atoms with van der Waals surface area (Å²) in [6.07, 6.45) is 5.21. The fourth-order valence-electron chi connectivity index (χ4n) is 3.85. The number of hydrogen-bond donors (Lipinski definition) is 2. The number of amides is 1. The van der Waals surface area contributed by atoms with Gasteiger partial charge in [-0.15, -0.1) is 11.3 Å². The second-order valence-electron chi connectivity index (χ2n) is 7.06. The number of rotatable bonds is 4. The van der Waals surface area contributed by atoms with Gasteiger partial charge in [0.05, 0.1) is 17.1 Å². The zero-order valence-corrected chi connectivity index (χ0v) is 16.3. The summed E-state index contributed by atoms with van der Waals surface area (Å²) in [4.78, 5) is 25.3. The topological polar surface area (TPSA) is 93.4 Å². The summed E-state index contributed by atoms with van der Waals surface area (Å²) in [6, 6.07) is 3.75. The summed E-state index contributed by atoms with van der Waals surface area (Å²) in [7, 11) is 0. The van der Waals surface area contributed by atoms with Crippen molar-refractivity contribution in [2.75, 3.05) is 36.9 Å². The van der Waals surface area contributed by atoms with Crippen molar-refractivity contribution in [3.8, 4) is 0 Å². The van der Waals surface area contributed by atoms with Gasteiger partial charge in [-0.25, -0.2) is 4.98 Å². The molecular weight excluding hydrogens is 362 g/mol. The van der Waals surface area contributed by atoms with Crippen LogP contribution in [0, 0.1) is 0 Å². The van der Waals surface area contributed by atoms with Gasteiger partial charge in [0.15, 0.2) is 0 Å². The number of nitrogens with two attached hydrogens (primary N) is 1. The lowest BCUT2D eigenvalue weighted by atomic mass is 9.82. The molecule has 1 amide bonds. The van der Waals surface area contributed by atoms with Gasteiger partial charge in [-0.2, -0.15) is 4.98 Å². The Hall–Kier alpha value is -2.19. The van der Waals surface area contributed by atoms with E-state index in [9.17, 15) is 4.79 Å². The lowest BCUT2D eigenvalue weighted by Gasteiger charge is -2.44. The first kappa shape index (κ1) is 18.2. The maximum Gasteiger partial charge on any atom is 0.261 e. The number of piperidine rings is 1. The van der Waals surface area contributed by atoms with Gasteiger partial charge >= 0.3 is 0 Å². The van der Waals surface area contributed by atoms with Crippen LogP contribution < -0.4 is 16.0 Å². The summed E-state index contributed by atoms with van der Waals surface area (Å²) >= 11 is 1.61. The predicted molar refractivity (Wildman–Crippen MR) is 106 cm³/mol. The highest BCUT2D eigenvalue weighted by molar-refractivity contribution is 7.14. The largest absolute Gasteiger partial charge is 0.384 e. The minimum Gasteiger partial charge on any atom is -0.384 e. The maximum atomic E-state index is 12.4. The molecule has 0 saturated carbocycles. The molecule has 0 bridgehead atoms. The number of carbonyl (C=O) groups is 1. The van der Waals surface area contributed by atoms with E-state index in [1.54, 1.807) is 23.6 Å². The van der Waals surface area contributed by atoms with Gasteiger partial charge in [-0.1, -0.05) is 6.92 Å². The Bertz CT molecular complexity index is 829. The van der Waals surface area contributed by atoms with Gasteiger partial charge in [0.2, 0.25) is 5.95 Å². The van der Waals surface area contributed by atoms with Gasteiger partial charge in [-0.3, -0.25) is 4.79 Å². The highest BCUT2D eigenvalue weighted by Gasteiger charge is 2.42. The van der Waals surface area contributed by atoms with Crippen LogP contribution in [0.5, 0.6) is 0 Å². The van der Waals surface area contributed by atoms with Crippen LogP contribution >= 0.6 is 11.3 Å². The number of nitrogens with one attached hydrogen (secondary N) is 1. The molecule has 2 aliphatic rings. The summed E-state index contributed by atoms with van der Waals surface area (Å²) < 4.78 is 6.30. The third-order valence-electron chi connectivity index (χ3n) is 5.29. The van der Waals surface area contributed by atoms with Gasteiger partial charge < -0.3 is 20.7 Å². The van der Waals surface area contributed by atoms with Crippen LogP contribution in [-0.4, -0.2) is 42.1 Å². The highest BCUT2D eigenvalue weighted by atomic mass is 32.1. The molecule has 7 nitrogen and oxygen atoms in total. The maximum absolute atomic E-state index is 12.4. The van der Waals surface area contributed by atoms with E-state index >= 15 is 0 Å². The molecule has 8 heteroatoms. The van der Waals surface area contributed by atoms with E-state index in [2.05, 4.69) is 33.2 Å². The van der Waals surface area contributed by atoms with Gasteiger partial charge in [0.1, 0.15) is 5.82 Å². The van der Waals surface area contributed by atoms with E-state index in [4.69, 9.17) is 10.5 Å². The molecule has 0 aliphatic carbocycles. The predicted octanol–water partition coefficient (Wildman–Crippen LogP) is 2.33. The number of hydrogen-bond acceptors (Lipinski definition) is 7. The molecule has 0 radical (unpaired) electrons. The first-order valence-electron chi connectivity index (χ1n) is 9.50. The molecule has 144 valence electrons. The fourth-order valence-corrected chi connectivity index (χ4v) is 5.00. The zero-order chi connectivity index (χ0) is 18.9. The lowest BCUT2D eigenvalue weighted by Crippen LogP contribution is -2.46. The van der Waals surface area contributed by atoms with Crippen LogP contribution in [0.25, 0.3) is 0 Å². The van der Waals surface area contributed by atoms with Gasteiger partial charge in [0.25, 0.3) is 5.91 Å². The van der Waals surface area contributed by atoms with Crippen molar-refractivity contribution in [3.05, 3.63) is 33.6 Å². The summed E-state index contributed by atoms with van der Waals surface area (Å²) in [5.41, 5.74) is 6.69. The molecule has 2 aliphatic heterocycles. The smallest absolute Gasteiger partial charge is 0.261 e. The molecule has 2 aromatic heterocycles. The van der Waals surface area contributed by atoms with E-state index in [1.807, 2.05) is 0 Å². The van der Waals surface area contributed by atoms with Crippen molar-refractivity contribution in [3.63, 3.8) is 0 Å². The Morgan fingerprint density at radius 3 is 3.00 bits per heavy atom. The molecule has 3 N–H and O–H groups in total. The molecule has 2 aromatic rings. The first-order valence-corrected chi connectivity index (χ1v) is 10.3. The van der Waals surface area contributed by atoms with Crippen molar-refractivity contribution >= 4 is 29.0 Å². The highest BCUT2D eigenvalue weighted by Crippen LogP contribution is 2.44. The third-order valence-corrected chi connectivity index (χ3v) is 6.48. The van der Waals surface area contributed by atoms with Crippen LogP contribution in [-0.2, 0) is 16.8 Å². The molecule has 1 saturated heterocycles. The summed E-state index contributed by atoms with van der Waals surface area (Å²) in [6.45, 7) is 5.07. The van der Waals surface area contributed by atoms with Crippen molar-refractivity contribution in [1.29, 1.82) is 0 Å². The molecule has 4 rings (SSSR count). The van der Waals surface area contributed by atoms with Gasteiger partial charge in [0, 0.05) is 37.1 Å². The Morgan fingerprint density at radius 1 is 1.44 bits per heavy atom. The molecule has 1 spiro atoms. The van der Waals surface area contributed by atoms with Crippen LogP contribution in [0.1, 0.15) is 46.3 Å². The van der Waals surface area contributed by atoms with E-state index in [0.29, 0.717) is 24.9 Å². The minimum absolute atomic E-state index is 0.0250. The number of ether oxygens (including phenoxy) is 1. The molecular formula is C19H25N5O2S. The van der Waals surface area contributed by atoms with Crippen LogP contribution in [0.15, 0.2) is 18.3 Å². The molecule has 0 unspecified atom stereocenters. The number of fused-ring (bicyclic) bond motifs is 2. The molecule has 0 aromatic carbocycles. The zero-order valence-electron chi connectivity index (χ0n) is 15.5.